The summed E-state index contributed by atoms with van der Waals surface area (Å²) in [5, 5.41) is 2.39. The van der Waals surface area contributed by atoms with E-state index in [1.54, 1.807) is 0 Å². The van der Waals surface area contributed by atoms with E-state index in [1.165, 1.54) is 6.08 Å². The topological polar surface area (TPSA) is 38.3 Å². The predicted octanol–water partition coefficient (Wildman–Crippen LogP) is 8.01. The summed E-state index contributed by atoms with van der Waals surface area (Å²) in [6.07, 6.45) is -9.29. The first kappa shape index (κ1) is 32.5. The minimum atomic E-state index is -4.93. The summed E-state index contributed by atoms with van der Waals surface area (Å²) < 4.78 is 122. The number of halogens is 9. The fraction of sp³-hybridized carbons (Fsp3) is 0.560. The van der Waals surface area contributed by atoms with Crippen molar-refractivity contribution >= 4 is 5.91 Å². The highest BCUT2D eigenvalue weighted by Gasteiger charge is 2.37. The average Bonchev–Trinajstić information content (AvgIpc) is 2.76. The number of carbonyl (C=O) groups is 1. The molecule has 37 heavy (non-hydrogen) atoms. The van der Waals surface area contributed by atoms with Crippen LogP contribution in [0, 0.1) is 5.92 Å². The normalized spacial score (nSPS) is 13.6. The van der Waals surface area contributed by atoms with Gasteiger partial charge in [-0.15, -0.1) is 0 Å². The smallest absolute Gasteiger partial charge is 0.377 e. The van der Waals surface area contributed by atoms with E-state index >= 15 is 0 Å². The summed E-state index contributed by atoms with van der Waals surface area (Å²) in [5.74, 6) is -0.735. The molecular formula is C25H30F9NO2. The summed E-state index contributed by atoms with van der Waals surface area (Å²) in [4.78, 5) is 11.6. The lowest BCUT2D eigenvalue weighted by Crippen LogP contribution is -2.26. The number of carbonyl (C=O) groups excluding carboxylic acids is 1. The third-order valence-electron chi connectivity index (χ3n) is 4.92. The van der Waals surface area contributed by atoms with Crippen LogP contribution in [0.4, 0.5) is 39.5 Å². The highest BCUT2D eigenvalue weighted by Crippen LogP contribution is 2.36. The van der Waals surface area contributed by atoms with Gasteiger partial charge in [-0.1, -0.05) is 38.8 Å². The van der Waals surface area contributed by atoms with Crippen molar-refractivity contribution in [3.05, 3.63) is 58.7 Å². The molecule has 0 radical (unpaired) electrons. The molecule has 0 saturated heterocycles. The molecule has 210 valence electrons. The Hall–Kier alpha value is -2.50. The molecule has 0 aliphatic rings. The van der Waals surface area contributed by atoms with Gasteiger partial charge in [0.05, 0.1) is 23.3 Å². The van der Waals surface area contributed by atoms with E-state index < -0.39 is 47.7 Å². The van der Waals surface area contributed by atoms with Gasteiger partial charge >= 0.3 is 18.5 Å². The maximum Gasteiger partial charge on any atom is 0.416 e. The number of amides is 1. The molecule has 0 heterocycles. The molecule has 3 nitrogen and oxygen atoms in total. The molecule has 0 atom stereocenters. The highest BCUT2D eigenvalue weighted by molar-refractivity contribution is 5.88. The Balaban J connectivity index is 2.43. The van der Waals surface area contributed by atoms with Gasteiger partial charge < -0.3 is 10.1 Å². The van der Waals surface area contributed by atoms with Gasteiger partial charge in [0.1, 0.15) is 0 Å². The van der Waals surface area contributed by atoms with Gasteiger partial charge in [0.2, 0.25) is 5.91 Å². The number of hydrogen-bond acceptors (Lipinski definition) is 2. The van der Waals surface area contributed by atoms with Crippen molar-refractivity contribution in [3.8, 4) is 0 Å². The standard InChI is InChI=1S/C25H30F9NO2/c1-17(2)15-35-22(36)14-19(23(26,27)28)9-7-5-3-4-6-8-10-37-16-18-11-20(24(29,30)31)13-21(12-18)25(32,33)34/h7,9,11-14,17H,3-6,8,10,15-16H2,1-2H3,(H,35,36). The first-order chi connectivity index (χ1) is 17.0. The molecule has 0 aliphatic heterocycles. The Morgan fingerprint density at radius 2 is 1.46 bits per heavy atom. The number of alkyl halides is 9. The molecule has 1 amide bonds. The molecule has 0 unspecified atom stereocenters. The third-order valence-corrected chi connectivity index (χ3v) is 4.92. The molecule has 0 saturated carbocycles. The Morgan fingerprint density at radius 1 is 0.892 bits per heavy atom. The fourth-order valence-electron chi connectivity index (χ4n) is 3.04. The zero-order valence-electron chi connectivity index (χ0n) is 20.4. The van der Waals surface area contributed by atoms with E-state index in [0.717, 1.165) is 6.08 Å². The minimum Gasteiger partial charge on any atom is -0.377 e. The van der Waals surface area contributed by atoms with Crippen molar-refractivity contribution in [1.82, 2.24) is 5.32 Å². The maximum absolute atomic E-state index is 13.1. The van der Waals surface area contributed by atoms with Crippen molar-refractivity contribution < 1.29 is 49.0 Å². The van der Waals surface area contributed by atoms with Crippen molar-refractivity contribution in [2.24, 2.45) is 5.92 Å². The fourth-order valence-corrected chi connectivity index (χ4v) is 3.04. The van der Waals surface area contributed by atoms with Crippen molar-refractivity contribution in [2.75, 3.05) is 13.2 Å². The summed E-state index contributed by atoms with van der Waals surface area (Å²) in [5.41, 5.74) is -4.13. The number of unbranched alkanes of at least 4 members (excludes halogenated alkanes) is 4. The van der Waals surface area contributed by atoms with Crippen molar-refractivity contribution in [3.63, 3.8) is 0 Å². The van der Waals surface area contributed by atoms with Crippen LogP contribution in [0.1, 0.15) is 62.6 Å². The lowest BCUT2D eigenvalue weighted by Gasteiger charge is -2.14. The Kier molecular flexibility index (Phi) is 12.7. The van der Waals surface area contributed by atoms with Crippen LogP contribution in [-0.4, -0.2) is 25.2 Å². The van der Waals surface area contributed by atoms with E-state index in [1.807, 2.05) is 13.8 Å². The first-order valence-corrected chi connectivity index (χ1v) is 11.6. The average molecular weight is 548 g/mol. The van der Waals surface area contributed by atoms with Gasteiger partial charge in [0.15, 0.2) is 0 Å². The first-order valence-electron chi connectivity index (χ1n) is 11.6. The largest absolute Gasteiger partial charge is 0.416 e. The van der Waals surface area contributed by atoms with Gasteiger partial charge in [-0.2, -0.15) is 39.5 Å². The lowest BCUT2D eigenvalue weighted by atomic mass is 10.1. The molecule has 1 aromatic carbocycles. The molecule has 0 bridgehead atoms. The molecule has 0 aromatic heterocycles. The van der Waals surface area contributed by atoms with Crippen molar-refractivity contribution in [2.45, 2.75) is 71.1 Å². The SMILES string of the molecule is CC(C)CNC(=O)C=C(C=CCCCCCCOCc1cc(C(F)(F)F)cc(C(F)(F)F)c1)C(F)(F)F. The molecule has 0 spiro atoms. The summed E-state index contributed by atoms with van der Waals surface area (Å²) in [7, 11) is 0. The van der Waals surface area contributed by atoms with Crippen LogP contribution in [0.25, 0.3) is 0 Å². The van der Waals surface area contributed by atoms with Crippen molar-refractivity contribution in [1.29, 1.82) is 0 Å². The number of nitrogens with one attached hydrogen (secondary N) is 1. The second-order valence-corrected chi connectivity index (χ2v) is 8.81. The van der Waals surface area contributed by atoms with Gasteiger partial charge in [-0.05, 0) is 48.9 Å². The molecular weight excluding hydrogens is 517 g/mol. The van der Waals surface area contributed by atoms with Crippen LogP contribution in [0.3, 0.4) is 0 Å². The van der Waals surface area contributed by atoms with Crippen LogP contribution >= 0.6 is 0 Å². The maximum atomic E-state index is 13.1. The summed E-state index contributed by atoms with van der Waals surface area (Å²) in [6.45, 7) is 3.55. The predicted molar refractivity (Wildman–Crippen MR) is 120 cm³/mol. The zero-order valence-corrected chi connectivity index (χ0v) is 20.4. The van der Waals surface area contributed by atoms with E-state index in [-0.39, 0.29) is 30.7 Å². The molecule has 1 N–H and O–H groups in total. The van der Waals surface area contributed by atoms with E-state index in [0.29, 0.717) is 50.3 Å². The zero-order chi connectivity index (χ0) is 28.3. The van der Waals surface area contributed by atoms with Gasteiger partial charge in [0, 0.05) is 19.2 Å². The van der Waals surface area contributed by atoms with Crippen LogP contribution in [0.15, 0.2) is 42.0 Å². The third kappa shape index (κ3) is 13.6. The second-order valence-electron chi connectivity index (χ2n) is 8.81. The van der Waals surface area contributed by atoms with Gasteiger partial charge in [0.25, 0.3) is 0 Å². The molecule has 0 fully saturated rings. The summed E-state index contributed by atoms with van der Waals surface area (Å²) in [6, 6.07) is 1.27. The Morgan fingerprint density at radius 3 is 1.97 bits per heavy atom. The molecule has 1 aromatic rings. The monoisotopic (exact) mass is 547 g/mol. The molecule has 12 heteroatoms. The highest BCUT2D eigenvalue weighted by atomic mass is 19.4. The number of allylic oxidation sites excluding steroid dienone is 3. The van der Waals surface area contributed by atoms with E-state index in [4.69, 9.17) is 4.74 Å². The van der Waals surface area contributed by atoms with Crippen LogP contribution in [-0.2, 0) is 28.5 Å². The number of ether oxygens (including phenoxy) is 1. The van der Waals surface area contributed by atoms with Gasteiger partial charge in [-0.25, -0.2) is 0 Å². The number of hydrogen-bond donors (Lipinski definition) is 1. The minimum absolute atomic E-state index is 0.0487. The van der Waals surface area contributed by atoms with Crippen LogP contribution < -0.4 is 5.32 Å². The Labute approximate surface area is 209 Å². The Bertz CT molecular complexity index is 882. The molecule has 0 aliphatic carbocycles. The summed E-state index contributed by atoms with van der Waals surface area (Å²) >= 11 is 0. The number of benzene rings is 1. The van der Waals surface area contributed by atoms with Crippen LogP contribution in [0.2, 0.25) is 0 Å². The van der Waals surface area contributed by atoms with E-state index in [2.05, 4.69) is 5.32 Å². The van der Waals surface area contributed by atoms with E-state index in [9.17, 15) is 44.3 Å². The number of rotatable bonds is 13. The molecule has 1 rings (SSSR count). The second kappa shape index (κ2) is 14.4. The van der Waals surface area contributed by atoms with Crippen LogP contribution in [0.5, 0.6) is 0 Å². The quantitative estimate of drug-likeness (QED) is 0.118. The lowest BCUT2D eigenvalue weighted by molar-refractivity contribution is -0.143. The van der Waals surface area contributed by atoms with Gasteiger partial charge in [-0.3, -0.25) is 4.79 Å².